The molecule has 1 N–H and O–H groups in total. The van der Waals surface area contributed by atoms with Gasteiger partial charge in [-0.2, -0.15) is 10.2 Å². The summed E-state index contributed by atoms with van der Waals surface area (Å²) in [5, 5.41) is 13.1. The Morgan fingerprint density at radius 2 is 1.85 bits per heavy atom. The van der Waals surface area contributed by atoms with Crippen LogP contribution in [0.15, 0.2) is 77.2 Å². The predicted molar refractivity (Wildman–Crippen MR) is 131 cm³/mol. The second-order valence-corrected chi connectivity index (χ2v) is 8.03. The number of hydrogen-bond acceptors (Lipinski definition) is 5. The summed E-state index contributed by atoms with van der Waals surface area (Å²) in [4.78, 5) is 30.6. The third kappa shape index (κ3) is 4.79. The molecule has 2 aromatic heterocycles. The molecule has 0 unspecified atom stereocenters. The molecule has 1 amide bonds. The minimum Gasteiger partial charge on any atom is -0.437 e. The van der Waals surface area contributed by atoms with Gasteiger partial charge in [0, 0.05) is 16.9 Å². The number of amides is 1. The van der Waals surface area contributed by atoms with Gasteiger partial charge in [-0.3, -0.25) is 14.0 Å². The zero-order chi connectivity index (χ0) is 24.2. The molecule has 0 fully saturated rings. The Morgan fingerprint density at radius 3 is 2.56 bits per heavy atom. The van der Waals surface area contributed by atoms with Crippen LogP contribution < -0.4 is 15.6 Å². The van der Waals surface area contributed by atoms with Gasteiger partial charge in [-0.25, -0.2) is 0 Å². The lowest BCUT2D eigenvalue weighted by Crippen LogP contribution is -2.20. The van der Waals surface area contributed by atoms with Crippen molar-refractivity contribution >= 4 is 46.5 Å². The van der Waals surface area contributed by atoms with Crippen LogP contribution in [0.1, 0.15) is 11.1 Å². The first-order valence-corrected chi connectivity index (χ1v) is 10.8. The summed E-state index contributed by atoms with van der Waals surface area (Å²) in [6, 6.07) is 18.4. The third-order valence-corrected chi connectivity index (χ3v) is 5.41. The molecule has 4 aromatic rings. The minimum absolute atomic E-state index is 0.0779. The van der Waals surface area contributed by atoms with Crippen LogP contribution in [0, 0.1) is 18.3 Å². The Hall–Kier alpha value is -4.12. The van der Waals surface area contributed by atoms with E-state index in [0.717, 1.165) is 11.6 Å². The fourth-order valence-corrected chi connectivity index (χ4v) is 3.45. The molecule has 0 saturated carbocycles. The normalized spacial score (nSPS) is 11.2. The highest BCUT2D eigenvalue weighted by atomic mass is 35.5. The van der Waals surface area contributed by atoms with E-state index in [9.17, 15) is 14.9 Å². The van der Waals surface area contributed by atoms with E-state index in [0.29, 0.717) is 21.4 Å². The van der Waals surface area contributed by atoms with Crippen molar-refractivity contribution < 1.29 is 9.53 Å². The van der Waals surface area contributed by atoms with Gasteiger partial charge in [-0.05, 0) is 61.0 Å². The lowest BCUT2D eigenvalue weighted by molar-refractivity contribution is -0.112. The largest absolute Gasteiger partial charge is 0.437 e. The minimum atomic E-state index is -0.706. The van der Waals surface area contributed by atoms with Gasteiger partial charge in [0.1, 0.15) is 28.6 Å². The Kier molecular flexibility index (Phi) is 6.64. The number of aryl methyl sites for hydroxylation is 1. The van der Waals surface area contributed by atoms with Crippen LogP contribution in [-0.2, 0) is 4.79 Å². The second-order valence-electron chi connectivity index (χ2n) is 7.18. The van der Waals surface area contributed by atoms with Crippen molar-refractivity contribution in [2.45, 2.75) is 6.92 Å². The molecule has 0 atom stereocenters. The maximum atomic E-state index is 13.4. The summed E-state index contributed by atoms with van der Waals surface area (Å²) in [7, 11) is 0. The Labute approximate surface area is 204 Å². The van der Waals surface area contributed by atoms with Crippen molar-refractivity contribution in [3.63, 3.8) is 0 Å². The van der Waals surface area contributed by atoms with Crippen molar-refractivity contribution in [1.82, 2.24) is 9.38 Å². The molecule has 2 aromatic carbocycles. The highest BCUT2D eigenvalue weighted by Crippen LogP contribution is 2.30. The summed E-state index contributed by atoms with van der Waals surface area (Å²) in [5.74, 6) is -0.519. The fourth-order valence-electron chi connectivity index (χ4n) is 3.15. The standard InChI is InChI=1S/C25H16Cl2N4O3/c1-15-5-4-12-31-22(15)30-24(34-21-7-3-2-6-20(21)27)19(25(31)33)13-16(14-28)23(32)29-18-10-8-17(26)9-11-18/h2-13H,1H3,(H,29,32)/b16-13-. The SMILES string of the molecule is Cc1cccn2c(=O)c(/C=C(/C#N)C(=O)Nc3ccc(Cl)cc3)c(Oc3ccccc3Cl)nc12. The van der Waals surface area contributed by atoms with Gasteiger partial charge in [-0.15, -0.1) is 0 Å². The number of halogens is 2. The van der Waals surface area contributed by atoms with E-state index in [4.69, 9.17) is 27.9 Å². The summed E-state index contributed by atoms with van der Waals surface area (Å²) in [5.41, 5.74) is 0.641. The van der Waals surface area contributed by atoms with E-state index in [2.05, 4.69) is 10.3 Å². The van der Waals surface area contributed by atoms with E-state index in [1.54, 1.807) is 73.8 Å². The summed E-state index contributed by atoms with van der Waals surface area (Å²) in [6.45, 7) is 1.80. The number of fused-ring (bicyclic) bond motifs is 1. The molecule has 0 aliphatic carbocycles. The average molecular weight is 491 g/mol. The molecule has 0 spiro atoms. The number of anilines is 1. The van der Waals surface area contributed by atoms with Gasteiger partial charge in [0.05, 0.1) is 5.02 Å². The Balaban J connectivity index is 1.84. The number of nitrogens with zero attached hydrogens (tertiary/aromatic N) is 3. The number of carbonyl (C=O) groups is 1. The highest BCUT2D eigenvalue weighted by Gasteiger charge is 2.19. The molecule has 0 bridgehead atoms. The number of pyridine rings is 1. The second kappa shape index (κ2) is 9.79. The molecule has 0 aliphatic rings. The molecule has 2 heterocycles. The number of nitrogens with one attached hydrogen (secondary N) is 1. The van der Waals surface area contributed by atoms with Gasteiger partial charge < -0.3 is 10.1 Å². The van der Waals surface area contributed by atoms with Crippen LogP contribution in [0.4, 0.5) is 5.69 Å². The van der Waals surface area contributed by atoms with E-state index in [1.807, 2.05) is 6.07 Å². The van der Waals surface area contributed by atoms with Crippen LogP contribution >= 0.6 is 23.2 Å². The number of carbonyl (C=O) groups excluding carboxylic acids is 1. The molecular formula is C25H16Cl2N4O3. The van der Waals surface area contributed by atoms with Gasteiger partial charge in [0.25, 0.3) is 11.5 Å². The topological polar surface area (TPSA) is 96.5 Å². The van der Waals surface area contributed by atoms with Crippen molar-refractivity contribution in [3.05, 3.63) is 104 Å². The Morgan fingerprint density at radius 1 is 1.12 bits per heavy atom. The quantitative estimate of drug-likeness (QED) is 0.288. The molecular weight excluding hydrogens is 475 g/mol. The summed E-state index contributed by atoms with van der Waals surface area (Å²) in [6.07, 6.45) is 2.70. The fraction of sp³-hybridized carbons (Fsp3) is 0.0400. The van der Waals surface area contributed by atoms with Crippen molar-refractivity contribution in [3.8, 4) is 17.7 Å². The van der Waals surface area contributed by atoms with Gasteiger partial charge in [0.15, 0.2) is 0 Å². The van der Waals surface area contributed by atoms with E-state index in [1.165, 1.54) is 4.40 Å². The number of nitriles is 1. The first-order chi connectivity index (χ1) is 16.4. The number of rotatable bonds is 5. The van der Waals surface area contributed by atoms with Crippen LogP contribution in [0.25, 0.3) is 11.7 Å². The first kappa shape index (κ1) is 23.1. The Bertz CT molecular complexity index is 1540. The molecule has 7 nitrogen and oxygen atoms in total. The number of benzene rings is 2. The van der Waals surface area contributed by atoms with Crippen LogP contribution in [0.2, 0.25) is 10.0 Å². The molecule has 0 aliphatic heterocycles. The number of ether oxygens (including phenoxy) is 1. The smallest absolute Gasteiger partial charge is 0.269 e. The number of aromatic nitrogens is 2. The summed E-state index contributed by atoms with van der Waals surface area (Å²) < 4.78 is 7.21. The maximum Gasteiger partial charge on any atom is 0.269 e. The lowest BCUT2D eigenvalue weighted by atomic mass is 10.1. The van der Waals surface area contributed by atoms with Crippen LogP contribution in [0.5, 0.6) is 11.6 Å². The maximum absolute atomic E-state index is 13.4. The zero-order valence-corrected chi connectivity index (χ0v) is 19.3. The molecule has 0 saturated heterocycles. The summed E-state index contributed by atoms with van der Waals surface area (Å²) >= 11 is 12.1. The van der Waals surface area contributed by atoms with E-state index >= 15 is 0 Å². The van der Waals surface area contributed by atoms with Crippen molar-refractivity contribution in [2.24, 2.45) is 0 Å². The van der Waals surface area contributed by atoms with Gasteiger partial charge in [-0.1, -0.05) is 41.4 Å². The lowest BCUT2D eigenvalue weighted by Gasteiger charge is -2.12. The highest BCUT2D eigenvalue weighted by molar-refractivity contribution is 6.32. The molecule has 4 rings (SSSR count). The van der Waals surface area contributed by atoms with E-state index < -0.39 is 11.5 Å². The predicted octanol–water partition coefficient (Wildman–Crippen LogP) is 5.65. The monoisotopic (exact) mass is 490 g/mol. The average Bonchev–Trinajstić information content (AvgIpc) is 2.82. The number of para-hydroxylation sites is 1. The third-order valence-electron chi connectivity index (χ3n) is 4.85. The van der Waals surface area contributed by atoms with Crippen molar-refractivity contribution in [2.75, 3.05) is 5.32 Å². The molecule has 168 valence electrons. The first-order valence-electron chi connectivity index (χ1n) is 10.0. The zero-order valence-electron chi connectivity index (χ0n) is 17.8. The molecule has 34 heavy (non-hydrogen) atoms. The number of hydrogen-bond donors (Lipinski definition) is 1. The van der Waals surface area contributed by atoms with E-state index in [-0.39, 0.29) is 22.8 Å². The van der Waals surface area contributed by atoms with Crippen LogP contribution in [-0.4, -0.2) is 15.3 Å². The van der Waals surface area contributed by atoms with Crippen LogP contribution in [0.3, 0.4) is 0 Å². The van der Waals surface area contributed by atoms with Crippen molar-refractivity contribution in [1.29, 1.82) is 5.26 Å². The molecule has 0 radical (unpaired) electrons. The van der Waals surface area contributed by atoms with Gasteiger partial charge in [0.2, 0.25) is 5.88 Å². The molecule has 9 heteroatoms. The van der Waals surface area contributed by atoms with Gasteiger partial charge >= 0.3 is 0 Å².